The Kier molecular flexibility index (Phi) is 4.54. The molecule has 1 aromatic rings. The molecule has 5 heteroatoms. The highest BCUT2D eigenvalue weighted by molar-refractivity contribution is 14.1. The lowest BCUT2D eigenvalue weighted by molar-refractivity contribution is -0.154. The van der Waals surface area contributed by atoms with Gasteiger partial charge in [0.15, 0.2) is 0 Å². The molecule has 1 fully saturated rings. The van der Waals surface area contributed by atoms with Gasteiger partial charge >= 0.3 is 0 Å². The van der Waals surface area contributed by atoms with Crippen molar-refractivity contribution in [1.29, 1.82) is 0 Å². The van der Waals surface area contributed by atoms with Gasteiger partial charge in [-0.25, -0.2) is 0 Å². The maximum Gasteiger partial charge on any atom is 0.228 e. The number of ether oxygens (including phenoxy) is 2. The lowest BCUT2D eigenvalue weighted by Gasteiger charge is -2.45. The summed E-state index contributed by atoms with van der Waals surface area (Å²) in [5, 5.41) is 0. The fourth-order valence-electron chi connectivity index (χ4n) is 2.36. The number of carbonyl (C=O) groups is 1. The van der Waals surface area contributed by atoms with Crippen LogP contribution in [0.4, 0.5) is 0 Å². The number of carbonyl (C=O) groups excluding carboxylic acids is 1. The summed E-state index contributed by atoms with van der Waals surface area (Å²) < 4.78 is 11.5. The van der Waals surface area contributed by atoms with Crippen molar-refractivity contribution in [3.05, 3.63) is 23.8 Å². The van der Waals surface area contributed by atoms with E-state index in [1.165, 1.54) is 0 Å². The highest BCUT2D eigenvalue weighted by Crippen LogP contribution is 2.33. The maximum atomic E-state index is 11.9. The summed E-state index contributed by atoms with van der Waals surface area (Å²) in [5.41, 5.74) is 1.01. The lowest BCUT2D eigenvalue weighted by atomic mass is 9.90. The summed E-state index contributed by atoms with van der Waals surface area (Å²) in [7, 11) is 3.26. The van der Waals surface area contributed by atoms with Gasteiger partial charge in [-0.05, 0) is 12.1 Å². The number of nitrogens with zero attached hydrogens (tertiary/aromatic N) is 1. The van der Waals surface area contributed by atoms with E-state index in [9.17, 15) is 4.79 Å². The minimum absolute atomic E-state index is 0.140. The SMILES string of the molecule is COc1ccc(CN2C(=O)[C@@H](C)[C@H]2CI)c(OC)c1. The van der Waals surface area contributed by atoms with Gasteiger partial charge in [0.05, 0.1) is 26.2 Å². The van der Waals surface area contributed by atoms with Crippen molar-refractivity contribution < 1.29 is 14.3 Å². The van der Waals surface area contributed by atoms with Gasteiger partial charge in [-0.1, -0.05) is 29.5 Å². The van der Waals surface area contributed by atoms with Crippen LogP contribution in [0.15, 0.2) is 18.2 Å². The van der Waals surface area contributed by atoms with Crippen molar-refractivity contribution in [1.82, 2.24) is 4.90 Å². The topological polar surface area (TPSA) is 38.8 Å². The molecular weight excluding hydrogens is 357 g/mol. The number of hydrogen-bond donors (Lipinski definition) is 0. The van der Waals surface area contributed by atoms with Crippen LogP contribution in [0.3, 0.4) is 0 Å². The molecule has 1 aromatic carbocycles. The Hall–Kier alpha value is -0.980. The zero-order valence-electron chi connectivity index (χ0n) is 11.4. The molecule has 1 aliphatic rings. The van der Waals surface area contributed by atoms with Crippen molar-refractivity contribution in [2.75, 3.05) is 18.6 Å². The van der Waals surface area contributed by atoms with Crippen LogP contribution < -0.4 is 9.47 Å². The number of likely N-dealkylation sites (tertiary alicyclic amines) is 1. The van der Waals surface area contributed by atoms with Gasteiger partial charge < -0.3 is 14.4 Å². The third-order valence-electron chi connectivity index (χ3n) is 3.64. The van der Waals surface area contributed by atoms with Crippen molar-refractivity contribution in [3.63, 3.8) is 0 Å². The third-order valence-corrected chi connectivity index (χ3v) is 4.55. The molecule has 0 unspecified atom stereocenters. The van der Waals surface area contributed by atoms with E-state index in [2.05, 4.69) is 22.6 Å². The highest BCUT2D eigenvalue weighted by atomic mass is 127. The second-order valence-corrected chi connectivity index (χ2v) is 5.54. The average molecular weight is 375 g/mol. The molecule has 0 N–H and O–H groups in total. The predicted octanol–water partition coefficient (Wildman–Crippen LogP) is 2.49. The fourth-order valence-corrected chi connectivity index (χ4v) is 3.59. The second-order valence-electron chi connectivity index (χ2n) is 4.65. The zero-order chi connectivity index (χ0) is 14.0. The number of rotatable bonds is 5. The Morgan fingerprint density at radius 3 is 2.63 bits per heavy atom. The zero-order valence-corrected chi connectivity index (χ0v) is 13.5. The molecule has 0 bridgehead atoms. The first-order valence-corrected chi connectivity index (χ1v) is 7.72. The summed E-state index contributed by atoms with van der Waals surface area (Å²) in [6, 6.07) is 6.03. The smallest absolute Gasteiger partial charge is 0.228 e. The molecule has 104 valence electrons. The normalized spacial score (nSPS) is 22.1. The Morgan fingerprint density at radius 2 is 2.05 bits per heavy atom. The average Bonchev–Trinajstić information content (AvgIpc) is 2.46. The van der Waals surface area contributed by atoms with Crippen LogP contribution in [0, 0.1) is 5.92 Å². The van der Waals surface area contributed by atoms with Gasteiger partial charge in [0.2, 0.25) is 5.91 Å². The molecule has 0 spiro atoms. The molecule has 0 radical (unpaired) electrons. The molecule has 1 heterocycles. The fraction of sp³-hybridized carbons (Fsp3) is 0.500. The Labute approximate surface area is 127 Å². The molecule has 1 saturated heterocycles. The van der Waals surface area contributed by atoms with Crippen LogP contribution in [0.1, 0.15) is 12.5 Å². The Balaban J connectivity index is 2.17. The van der Waals surface area contributed by atoms with Gasteiger partial charge in [-0.2, -0.15) is 0 Å². The molecule has 4 nitrogen and oxygen atoms in total. The van der Waals surface area contributed by atoms with E-state index in [0.29, 0.717) is 12.6 Å². The van der Waals surface area contributed by atoms with E-state index in [1.54, 1.807) is 14.2 Å². The Bertz CT molecular complexity index is 478. The number of alkyl halides is 1. The quantitative estimate of drug-likeness (QED) is 0.451. The minimum atomic E-state index is 0.140. The number of β-lactam (4-membered cyclic amide) rings is 1. The number of benzene rings is 1. The summed E-state index contributed by atoms with van der Waals surface area (Å²) in [4.78, 5) is 13.8. The van der Waals surface area contributed by atoms with Gasteiger partial charge in [-0.3, -0.25) is 4.79 Å². The predicted molar refractivity (Wildman–Crippen MR) is 81.9 cm³/mol. The van der Waals surface area contributed by atoms with Crippen molar-refractivity contribution in [3.8, 4) is 11.5 Å². The largest absolute Gasteiger partial charge is 0.497 e. The van der Waals surface area contributed by atoms with Gasteiger partial charge in [0.1, 0.15) is 11.5 Å². The van der Waals surface area contributed by atoms with Crippen LogP contribution in [0.2, 0.25) is 0 Å². The number of halogens is 1. The minimum Gasteiger partial charge on any atom is -0.497 e. The summed E-state index contributed by atoms with van der Waals surface area (Å²) in [6.45, 7) is 2.59. The second kappa shape index (κ2) is 5.98. The molecule has 19 heavy (non-hydrogen) atoms. The van der Waals surface area contributed by atoms with E-state index in [-0.39, 0.29) is 11.8 Å². The van der Waals surface area contributed by atoms with E-state index in [4.69, 9.17) is 9.47 Å². The van der Waals surface area contributed by atoms with E-state index < -0.39 is 0 Å². The monoisotopic (exact) mass is 375 g/mol. The molecule has 0 aromatic heterocycles. The maximum absolute atomic E-state index is 11.9. The van der Waals surface area contributed by atoms with E-state index in [1.807, 2.05) is 30.0 Å². The third kappa shape index (κ3) is 2.66. The summed E-state index contributed by atoms with van der Waals surface area (Å²) in [5.74, 6) is 1.88. The van der Waals surface area contributed by atoms with Crippen LogP contribution in [-0.2, 0) is 11.3 Å². The van der Waals surface area contributed by atoms with Crippen LogP contribution in [-0.4, -0.2) is 35.5 Å². The van der Waals surface area contributed by atoms with Gasteiger partial charge in [-0.15, -0.1) is 0 Å². The van der Waals surface area contributed by atoms with Crippen molar-refractivity contribution >= 4 is 28.5 Å². The van der Waals surface area contributed by atoms with Crippen LogP contribution >= 0.6 is 22.6 Å². The standard InChI is InChI=1S/C14H18INO3/c1-9-12(7-15)16(14(9)17)8-10-4-5-11(18-2)6-13(10)19-3/h4-6,9,12H,7-8H2,1-3H3/t9-,12+/m0/s1. The summed E-state index contributed by atoms with van der Waals surface area (Å²) >= 11 is 2.33. The Morgan fingerprint density at radius 1 is 1.32 bits per heavy atom. The number of amides is 1. The first kappa shape index (κ1) is 14.4. The van der Waals surface area contributed by atoms with Gasteiger partial charge in [0, 0.05) is 22.6 Å². The highest BCUT2D eigenvalue weighted by Gasteiger charge is 2.43. The number of hydrogen-bond acceptors (Lipinski definition) is 3. The van der Waals surface area contributed by atoms with Crippen molar-refractivity contribution in [2.45, 2.75) is 19.5 Å². The van der Waals surface area contributed by atoms with E-state index in [0.717, 1.165) is 21.5 Å². The van der Waals surface area contributed by atoms with Crippen molar-refractivity contribution in [2.24, 2.45) is 5.92 Å². The number of methoxy groups -OCH3 is 2. The molecule has 1 aliphatic heterocycles. The molecule has 1 amide bonds. The molecule has 2 rings (SSSR count). The van der Waals surface area contributed by atoms with Crippen LogP contribution in [0.25, 0.3) is 0 Å². The molecule has 0 saturated carbocycles. The van der Waals surface area contributed by atoms with Crippen LogP contribution in [0.5, 0.6) is 11.5 Å². The first-order chi connectivity index (χ1) is 9.12. The molecule has 0 aliphatic carbocycles. The first-order valence-electron chi connectivity index (χ1n) is 6.19. The molecular formula is C14H18INO3. The summed E-state index contributed by atoms with van der Waals surface area (Å²) in [6.07, 6.45) is 0. The lowest BCUT2D eigenvalue weighted by Crippen LogP contribution is -2.59. The molecule has 2 atom stereocenters. The van der Waals surface area contributed by atoms with Gasteiger partial charge in [0.25, 0.3) is 0 Å². The van der Waals surface area contributed by atoms with E-state index >= 15 is 0 Å².